The zero-order chi connectivity index (χ0) is 27.0. The Labute approximate surface area is 211 Å². The lowest BCUT2D eigenvalue weighted by Crippen LogP contribution is -2.42. The van der Waals surface area contributed by atoms with Crippen LogP contribution >= 0.6 is 0 Å². The lowest BCUT2D eigenvalue weighted by atomic mass is 9.90. The number of carbonyl (C=O) groups excluding carboxylic acids is 1. The van der Waals surface area contributed by atoms with Gasteiger partial charge in [-0.05, 0) is 37.8 Å². The number of hydrogen-bond acceptors (Lipinski definition) is 5. The van der Waals surface area contributed by atoms with Gasteiger partial charge in [-0.1, -0.05) is 0 Å². The first-order valence-corrected chi connectivity index (χ1v) is 11.7. The van der Waals surface area contributed by atoms with Crippen molar-refractivity contribution in [2.24, 2.45) is 0 Å². The molecule has 0 unspecified atom stereocenters. The van der Waals surface area contributed by atoms with Gasteiger partial charge in [0, 0.05) is 47.7 Å². The van der Waals surface area contributed by atoms with E-state index in [-0.39, 0.29) is 28.2 Å². The first-order chi connectivity index (χ1) is 18.1. The Bertz CT molecular complexity index is 1490. The van der Waals surface area contributed by atoms with E-state index in [4.69, 9.17) is 0 Å². The quantitative estimate of drug-likeness (QED) is 0.290. The molecule has 0 spiro atoms. The van der Waals surface area contributed by atoms with Crippen LogP contribution < -0.4 is 10.6 Å². The molecule has 198 valence electrons. The minimum Gasteiger partial charge on any atom is -0.365 e. The Morgan fingerprint density at radius 1 is 1.03 bits per heavy atom. The van der Waals surface area contributed by atoms with E-state index in [0.717, 1.165) is 12.3 Å². The van der Waals surface area contributed by atoms with Crippen molar-refractivity contribution in [2.75, 3.05) is 5.32 Å². The standard InChI is InChI=1S/C25H20F6N6O/c26-12-6-15-16(10-34-22(15)18(27)7-12)21-17(25(29,30)31)9-19(28)23(37-21)35-13-2-1-3-14(8-13)36-24(38)20-11-32-4-5-33-20/h4-7,9-11,13-14,34H,1-3,8H2,(H,35,37)(H,36,38)/t13-,14+/m1/s1. The number of nitrogens with zero attached hydrogens (tertiary/aromatic N) is 3. The fourth-order valence-corrected chi connectivity index (χ4v) is 4.68. The third-order valence-corrected chi connectivity index (χ3v) is 6.39. The number of rotatable bonds is 5. The zero-order valence-electron chi connectivity index (χ0n) is 19.5. The molecule has 3 N–H and O–H groups in total. The molecular weight excluding hydrogens is 514 g/mol. The summed E-state index contributed by atoms with van der Waals surface area (Å²) in [5, 5.41) is 5.53. The molecule has 0 radical (unpaired) electrons. The predicted octanol–water partition coefficient (Wildman–Crippen LogP) is 5.61. The van der Waals surface area contributed by atoms with E-state index in [2.05, 4.69) is 30.6 Å². The van der Waals surface area contributed by atoms with Crippen LogP contribution in [0.15, 0.2) is 43.0 Å². The number of fused-ring (bicyclic) bond motifs is 1. The SMILES string of the molecule is O=C(N[C@H]1CCC[C@@H](Nc2nc(-c3c[nH]c4c(F)cc(F)cc34)c(C(F)(F)F)cc2F)C1)c1cnccn1. The van der Waals surface area contributed by atoms with Gasteiger partial charge in [-0.15, -0.1) is 0 Å². The highest BCUT2D eigenvalue weighted by Crippen LogP contribution is 2.41. The highest BCUT2D eigenvalue weighted by Gasteiger charge is 2.37. The fraction of sp³-hybridized carbons (Fsp3) is 0.280. The molecule has 1 amide bonds. The molecule has 4 aromatic rings. The second-order valence-electron chi connectivity index (χ2n) is 8.99. The normalized spacial score (nSPS) is 17.9. The summed E-state index contributed by atoms with van der Waals surface area (Å²) in [6, 6.07) is 1.08. The fourth-order valence-electron chi connectivity index (χ4n) is 4.68. The number of benzene rings is 1. The van der Waals surface area contributed by atoms with Gasteiger partial charge in [0.15, 0.2) is 11.6 Å². The summed E-state index contributed by atoms with van der Waals surface area (Å²) in [4.78, 5) is 26.7. The molecule has 13 heteroatoms. The van der Waals surface area contributed by atoms with Crippen LogP contribution in [0, 0.1) is 17.5 Å². The molecular formula is C25H20F6N6O. The Balaban J connectivity index is 1.44. The number of aromatic nitrogens is 4. The molecule has 0 bridgehead atoms. The van der Waals surface area contributed by atoms with Crippen molar-refractivity contribution in [2.45, 2.75) is 43.9 Å². The molecule has 2 atom stereocenters. The summed E-state index contributed by atoms with van der Waals surface area (Å²) in [6.45, 7) is 0. The zero-order valence-corrected chi connectivity index (χ0v) is 19.5. The topological polar surface area (TPSA) is 95.6 Å². The van der Waals surface area contributed by atoms with E-state index in [1.54, 1.807) is 0 Å². The van der Waals surface area contributed by atoms with Gasteiger partial charge in [-0.25, -0.2) is 23.1 Å². The molecule has 38 heavy (non-hydrogen) atoms. The maximum absolute atomic E-state index is 14.9. The number of halogens is 6. The molecule has 5 rings (SSSR count). The van der Waals surface area contributed by atoms with Crippen LogP contribution in [-0.2, 0) is 6.18 Å². The Hall–Kier alpha value is -4.16. The smallest absolute Gasteiger partial charge is 0.365 e. The minimum atomic E-state index is -4.99. The summed E-state index contributed by atoms with van der Waals surface area (Å²) in [5.41, 5.74) is -2.37. The molecule has 0 saturated heterocycles. The minimum absolute atomic E-state index is 0.134. The number of amides is 1. The summed E-state index contributed by atoms with van der Waals surface area (Å²) < 4.78 is 84.5. The number of H-pyrrole nitrogens is 1. The lowest BCUT2D eigenvalue weighted by Gasteiger charge is -2.31. The van der Waals surface area contributed by atoms with Crippen LogP contribution in [0.25, 0.3) is 22.2 Å². The van der Waals surface area contributed by atoms with E-state index >= 15 is 0 Å². The van der Waals surface area contributed by atoms with E-state index < -0.39 is 52.7 Å². The van der Waals surface area contributed by atoms with Crippen molar-refractivity contribution in [1.82, 2.24) is 25.3 Å². The highest BCUT2D eigenvalue weighted by atomic mass is 19.4. The second-order valence-corrected chi connectivity index (χ2v) is 8.99. The van der Waals surface area contributed by atoms with Crippen LogP contribution in [0.2, 0.25) is 0 Å². The van der Waals surface area contributed by atoms with E-state index in [1.807, 2.05) is 0 Å². The molecule has 3 heterocycles. The first kappa shape index (κ1) is 25.5. The average Bonchev–Trinajstić information content (AvgIpc) is 3.29. The van der Waals surface area contributed by atoms with Crippen LogP contribution in [0.5, 0.6) is 0 Å². The van der Waals surface area contributed by atoms with Gasteiger partial charge in [-0.2, -0.15) is 13.2 Å². The van der Waals surface area contributed by atoms with Crippen LogP contribution in [0.3, 0.4) is 0 Å². The van der Waals surface area contributed by atoms with Crippen molar-refractivity contribution < 1.29 is 31.1 Å². The molecule has 1 aliphatic rings. The molecule has 1 saturated carbocycles. The van der Waals surface area contributed by atoms with Crippen molar-refractivity contribution in [3.63, 3.8) is 0 Å². The van der Waals surface area contributed by atoms with Crippen molar-refractivity contribution in [3.8, 4) is 11.3 Å². The number of aromatic amines is 1. The number of anilines is 1. The molecule has 1 aromatic carbocycles. The maximum atomic E-state index is 14.9. The molecule has 3 aromatic heterocycles. The summed E-state index contributed by atoms with van der Waals surface area (Å²) in [6.07, 6.45) is 2.42. The predicted molar refractivity (Wildman–Crippen MR) is 126 cm³/mol. The van der Waals surface area contributed by atoms with Gasteiger partial charge in [0.1, 0.15) is 17.3 Å². The number of carbonyl (C=O) groups is 1. The second kappa shape index (κ2) is 9.95. The Kier molecular flexibility index (Phi) is 6.67. The average molecular weight is 534 g/mol. The maximum Gasteiger partial charge on any atom is 0.418 e. The number of alkyl halides is 3. The third-order valence-electron chi connectivity index (χ3n) is 6.39. The Morgan fingerprint density at radius 3 is 2.55 bits per heavy atom. The first-order valence-electron chi connectivity index (χ1n) is 11.7. The summed E-state index contributed by atoms with van der Waals surface area (Å²) in [7, 11) is 0. The van der Waals surface area contributed by atoms with Gasteiger partial charge < -0.3 is 15.6 Å². The van der Waals surface area contributed by atoms with Crippen molar-refractivity contribution in [1.29, 1.82) is 0 Å². The molecule has 1 fully saturated rings. The van der Waals surface area contributed by atoms with Gasteiger partial charge in [-0.3, -0.25) is 9.78 Å². The Morgan fingerprint density at radius 2 is 1.82 bits per heavy atom. The largest absolute Gasteiger partial charge is 0.418 e. The highest BCUT2D eigenvalue weighted by molar-refractivity contribution is 5.96. The van der Waals surface area contributed by atoms with Crippen LogP contribution in [0.1, 0.15) is 41.7 Å². The van der Waals surface area contributed by atoms with Crippen LogP contribution in [-0.4, -0.2) is 37.9 Å². The van der Waals surface area contributed by atoms with Gasteiger partial charge in [0.2, 0.25) is 0 Å². The molecule has 7 nitrogen and oxygen atoms in total. The van der Waals surface area contributed by atoms with Gasteiger partial charge in [0.25, 0.3) is 5.91 Å². The van der Waals surface area contributed by atoms with Crippen molar-refractivity contribution >= 4 is 22.6 Å². The molecule has 1 aliphatic carbocycles. The van der Waals surface area contributed by atoms with E-state index in [1.165, 1.54) is 18.6 Å². The van der Waals surface area contributed by atoms with Gasteiger partial charge in [0.05, 0.1) is 23.0 Å². The number of pyridine rings is 1. The van der Waals surface area contributed by atoms with Gasteiger partial charge >= 0.3 is 6.18 Å². The third kappa shape index (κ3) is 5.13. The lowest BCUT2D eigenvalue weighted by molar-refractivity contribution is -0.137. The summed E-state index contributed by atoms with van der Waals surface area (Å²) in [5.74, 6) is -4.07. The monoisotopic (exact) mass is 534 g/mol. The van der Waals surface area contributed by atoms with E-state index in [0.29, 0.717) is 37.8 Å². The summed E-state index contributed by atoms with van der Waals surface area (Å²) >= 11 is 0. The number of hydrogen-bond donors (Lipinski definition) is 3. The van der Waals surface area contributed by atoms with E-state index in [9.17, 15) is 31.1 Å². The van der Waals surface area contributed by atoms with Crippen molar-refractivity contribution in [3.05, 3.63) is 71.7 Å². The van der Waals surface area contributed by atoms with Crippen LogP contribution in [0.4, 0.5) is 32.2 Å². The number of nitrogens with one attached hydrogen (secondary N) is 3. The molecule has 0 aliphatic heterocycles.